The van der Waals surface area contributed by atoms with E-state index in [-0.39, 0.29) is 5.91 Å². The summed E-state index contributed by atoms with van der Waals surface area (Å²) in [5.41, 5.74) is 11.7. The normalized spacial score (nSPS) is 10.8. The van der Waals surface area contributed by atoms with Crippen LogP contribution in [0.15, 0.2) is 78.9 Å². The average Bonchev–Trinajstić information content (AvgIpc) is 3.25. The molecule has 1 heterocycles. The number of benzene rings is 3. The molecule has 0 saturated carbocycles. The zero-order valence-electron chi connectivity index (χ0n) is 18.9. The summed E-state index contributed by atoms with van der Waals surface area (Å²) < 4.78 is 0. The number of carbonyl (C=O) groups is 1. The summed E-state index contributed by atoms with van der Waals surface area (Å²) in [7, 11) is 2.04. The summed E-state index contributed by atoms with van der Waals surface area (Å²) in [6.45, 7) is 3.79. The molecule has 168 valence electrons. The first kappa shape index (κ1) is 22.7. The maximum atomic E-state index is 12.5. The number of thiazole rings is 1. The molecule has 0 spiro atoms. The van der Waals surface area contributed by atoms with Crippen LogP contribution < -0.4 is 16.0 Å². The second-order valence-electron chi connectivity index (χ2n) is 8.03. The Morgan fingerprint density at radius 3 is 2.42 bits per heavy atom. The number of aryl methyl sites for hydroxylation is 1. The number of nitrogens with zero attached hydrogens (tertiary/aromatic N) is 2. The van der Waals surface area contributed by atoms with Crippen LogP contribution in [0, 0.1) is 6.92 Å². The number of nitrogens with two attached hydrogens (primary N) is 1. The van der Waals surface area contributed by atoms with Crippen LogP contribution in [0.5, 0.6) is 0 Å². The molecule has 33 heavy (non-hydrogen) atoms. The van der Waals surface area contributed by atoms with Gasteiger partial charge in [0.1, 0.15) is 0 Å². The number of carbonyl (C=O) groups excluding carboxylic acids is 1. The van der Waals surface area contributed by atoms with Crippen LogP contribution in [0.1, 0.15) is 31.9 Å². The van der Waals surface area contributed by atoms with Crippen molar-refractivity contribution in [1.82, 2.24) is 10.3 Å². The topological polar surface area (TPSA) is 71.2 Å². The van der Waals surface area contributed by atoms with E-state index in [1.807, 2.05) is 73.8 Å². The Hall–Kier alpha value is -3.48. The van der Waals surface area contributed by atoms with E-state index in [2.05, 4.69) is 29.3 Å². The van der Waals surface area contributed by atoms with Gasteiger partial charge in [-0.15, -0.1) is 11.3 Å². The Labute approximate surface area is 198 Å². The fourth-order valence-electron chi connectivity index (χ4n) is 3.66. The lowest BCUT2D eigenvalue weighted by atomic mass is 10.1. The highest BCUT2D eigenvalue weighted by molar-refractivity contribution is 7.16. The van der Waals surface area contributed by atoms with E-state index in [0.717, 1.165) is 39.6 Å². The van der Waals surface area contributed by atoms with Crippen LogP contribution >= 0.6 is 11.3 Å². The first-order chi connectivity index (χ1) is 16.0. The van der Waals surface area contributed by atoms with Gasteiger partial charge in [0.25, 0.3) is 5.91 Å². The van der Waals surface area contributed by atoms with E-state index >= 15 is 0 Å². The van der Waals surface area contributed by atoms with E-state index < -0.39 is 0 Å². The van der Waals surface area contributed by atoms with E-state index in [9.17, 15) is 4.79 Å². The highest BCUT2D eigenvalue weighted by Gasteiger charge is 2.13. The van der Waals surface area contributed by atoms with Crippen LogP contribution in [-0.4, -0.2) is 17.9 Å². The van der Waals surface area contributed by atoms with Crippen LogP contribution in [0.25, 0.3) is 11.3 Å². The molecule has 0 radical (unpaired) electrons. The van der Waals surface area contributed by atoms with Gasteiger partial charge in [0.15, 0.2) is 5.13 Å². The lowest BCUT2D eigenvalue weighted by Gasteiger charge is -2.16. The molecule has 0 bridgehead atoms. The summed E-state index contributed by atoms with van der Waals surface area (Å²) in [5, 5.41) is 3.96. The van der Waals surface area contributed by atoms with Gasteiger partial charge in [-0.25, -0.2) is 4.98 Å². The molecule has 0 aliphatic carbocycles. The maximum Gasteiger partial charge on any atom is 0.251 e. The minimum atomic E-state index is -0.0869. The number of aromatic nitrogens is 1. The third-order valence-corrected chi connectivity index (χ3v) is 6.56. The number of rotatable bonds is 8. The smallest absolute Gasteiger partial charge is 0.251 e. The minimum Gasteiger partial charge on any atom is -0.348 e. The average molecular weight is 457 g/mol. The Morgan fingerprint density at radius 1 is 0.970 bits per heavy atom. The summed E-state index contributed by atoms with van der Waals surface area (Å²) in [6.07, 6.45) is 0. The molecular weight excluding hydrogens is 428 g/mol. The summed E-state index contributed by atoms with van der Waals surface area (Å²) in [5.74, 6) is -0.0869. The third kappa shape index (κ3) is 5.66. The fraction of sp³-hybridized carbons (Fsp3) is 0.185. The number of anilines is 1. The predicted molar refractivity (Wildman–Crippen MR) is 136 cm³/mol. The van der Waals surface area contributed by atoms with Crippen LogP contribution in [0.4, 0.5) is 5.13 Å². The van der Waals surface area contributed by atoms with Crippen LogP contribution in [0.2, 0.25) is 0 Å². The third-order valence-electron chi connectivity index (χ3n) is 5.48. The molecule has 0 unspecified atom stereocenters. The molecule has 5 nitrogen and oxygen atoms in total. The Kier molecular flexibility index (Phi) is 7.17. The number of hydrogen-bond acceptors (Lipinski definition) is 5. The largest absolute Gasteiger partial charge is 0.348 e. The van der Waals surface area contributed by atoms with Gasteiger partial charge in [-0.1, -0.05) is 66.7 Å². The van der Waals surface area contributed by atoms with Crippen molar-refractivity contribution in [2.45, 2.75) is 26.6 Å². The molecule has 1 aromatic heterocycles. The van der Waals surface area contributed by atoms with Crippen molar-refractivity contribution in [2.75, 3.05) is 11.9 Å². The first-order valence-electron chi connectivity index (χ1n) is 10.9. The van der Waals surface area contributed by atoms with E-state index in [1.54, 1.807) is 11.3 Å². The molecule has 6 heteroatoms. The van der Waals surface area contributed by atoms with E-state index in [1.165, 1.54) is 4.88 Å². The van der Waals surface area contributed by atoms with E-state index in [4.69, 9.17) is 10.7 Å². The van der Waals surface area contributed by atoms with Gasteiger partial charge in [-0.2, -0.15) is 0 Å². The number of amides is 1. The SMILES string of the molecule is Cc1sc(N(C)Cc2ccc(C(=O)NCc3cccc(CN)c3)cc2)nc1-c1ccccc1. The van der Waals surface area contributed by atoms with Gasteiger partial charge in [-0.05, 0) is 35.7 Å². The molecule has 0 aliphatic rings. The van der Waals surface area contributed by atoms with Crippen molar-refractivity contribution in [1.29, 1.82) is 0 Å². The van der Waals surface area contributed by atoms with Gasteiger partial charge >= 0.3 is 0 Å². The van der Waals surface area contributed by atoms with Gasteiger partial charge in [-0.3, -0.25) is 4.79 Å². The zero-order chi connectivity index (χ0) is 23.2. The molecule has 4 aromatic rings. The lowest BCUT2D eigenvalue weighted by Crippen LogP contribution is -2.23. The van der Waals surface area contributed by atoms with Gasteiger partial charge in [0.05, 0.1) is 5.69 Å². The zero-order valence-corrected chi connectivity index (χ0v) is 19.7. The summed E-state index contributed by atoms with van der Waals surface area (Å²) in [6, 6.07) is 25.9. The lowest BCUT2D eigenvalue weighted by molar-refractivity contribution is 0.0951. The second kappa shape index (κ2) is 10.4. The fourth-order valence-corrected chi connectivity index (χ4v) is 4.55. The Morgan fingerprint density at radius 2 is 1.70 bits per heavy atom. The van der Waals surface area contributed by atoms with E-state index in [0.29, 0.717) is 18.7 Å². The van der Waals surface area contributed by atoms with Crippen molar-refractivity contribution >= 4 is 22.4 Å². The highest BCUT2D eigenvalue weighted by atomic mass is 32.1. The molecule has 1 amide bonds. The van der Waals surface area contributed by atoms with Gasteiger partial charge in [0, 0.05) is 42.7 Å². The molecule has 0 fully saturated rings. The van der Waals surface area contributed by atoms with Crippen molar-refractivity contribution in [2.24, 2.45) is 5.73 Å². The molecular formula is C27H28N4OS. The predicted octanol–water partition coefficient (Wildman–Crippen LogP) is 5.14. The molecule has 3 N–H and O–H groups in total. The highest BCUT2D eigenvalue weighted by Crippen LogP contribution is 2.32. The minimum absolute atomic E-state index is 0.0869. The Bertz CT molecular complexity index is 1220. The Balaban J connectivity index is 1.37. The van der Waals surface area contributed by atoms with Crippen molar-refractivity contribution < 1.29 is 4.79 Å². The van der Waals surface area contributed by atoms with Gasteiger partial charge in [0.2, 0.25) is 0 Å². The van der Waals surface area contributed by atoms with Crippen LogP contribution in [0.3, 0.4) is 0 Å². The standard InChI is InChI=1S/C27H28N4OS/c1-19-25(23-9-4-3-5-10-23)30-27(33-19)31(2)18-20-11-13-24(14-12-20)26(32)29-17-22-8-6-7-21(15-22)16-28/h3-15H,16-18,28H2,1-2H3,(H,29,32). The van der Waals surface area contributed by atoms with Crippen molar-refractivity contribution in [3.05, 3.63) is 106 Å². The first-order valence-corrected chi connectivity index (χ1v) is 11.7. The summed E-state index contributed by atoms with van der Waals surface area (Å²) >= 11 is 1.69. The molecule has 3 aromatic carbocycles. The van der Waals surface area contributed by atoms with Crippen molar-refractivity contribution in [3.8, 4) is 11.3 Å². The summed E-state index contributed by atoms with van der Waals surface area (Å²) in [4.78, 5) is 20.8. The molecule has 0 atom stereocenters. The van der Waals surface area contributed by atoms with Crippen LogP contribution in [-0.2, 0) is 19.6 Å². The monoisotopic (exact) mass is 456 g/mol. The number of hydrogen-bond donors (Lipinski definition) is 2. The maximum absolute atomic E-state index is 12.5. The number of nitrogens with one attached hydrogen (secondary N) is 1. The quantitative estimate of drug-likeness (QED) is 0.385. The van der Waals surface area contributed by atoms with Gasteiger partial charge < -0.3 is 16.0 Å². The van der Waals surface area contributed by atoms with Crippen molar-refractivity contribution in [3.63, 3.8) is 0 Å². The second-order valence-corrected chi connectivity index (χ2v) is 9.21. The molecule has 4 rings (SSSR count). The molecule has 0 saturated heterocycles. The molecule has 0 aliphatic heterocycles.